The molecule has 0 fully saturated rings. The van der Waals surface area contributed by atoms with Crippen molar-refractivity contribution >= 4 is 44.6 Å². The van der Waals surface area contributed by atoms with Crippen LogP contribution in [-0.4, -0.2) is 19.4 Å². The lowest BCUT2D eigenvalue weighted by atomic mass is 10.1. The average molecular weight is 454 g/mol. The van der Waals surface area contributed by atoms with Gasteiger partial charge in [0, 0.05) is 21.8 Å². The number of rotatable bonds is 5. The molecule has 3 aromatic carbocycles. The minimum atomic E-state index is -4.20. The molecule has 3 rings (SSSR count). The van der Waals surface area contributed by atoms with Crippen LogP contribution in [0, 0.1) is 5.82 Å². The Labute approximate surface area is 176 Å². The predicted molar refractivity (Wildman–Crippen MR) is 110 cm³/mol. The molecule has 29 heavy (non-hydrogen) atoms. The fourth-order valence-electron chi connectivity index (χ4n) is 2.61. The van der Waals surface area contributed by atoms with Gasteiger partial charge in [0.15, 0.2) is 15.6 Å². The Kier molecular flexibility index (Phi) is 6.12. The van der Waals surface area contributed by atoms with E-state index in [4.69, 9.17) is 23.2 Å². The summed E-state index contributed by atoms with van der Waals surface area (Å²) in [5, 5.41) is 12.4. The molecule has 9 heteroatoms. The third kappa shape index (κ3) is 4.87. The highest BCUT2D eigenvalue weighted by molar-refractivity contribution is 7.90. The molecule has 2 N–H and O–H groups in total. The topological polar surface area (TPSA) is 83.5 Å². The van der Waals surface area contributed by atoms with Crippen LogP contribution in [0.1, 0.15) is 15.9 Å². The van der Waals surface area contributed by atoms with Gasteiger partial charge >= 0.3 is 0 Å². The largest absolute Gasteiger partial charge is 0.505 e. The maximum Gasteiger partial charge on any atom is 0.255 e. The van der Waals surface area contributed by atoms with E-state index in [2.05, 4.69) is 5.32 Å². The minimum absolute atomic E-state index is 0.00263. The summed E-state index contributed by atoms with van der Waals surface area (Å²) >= 11 is 11.6. The number of amides is 1. The van der Waals surface area contributed by atoms with Gasteiger partial charge in [-0.25, -0.2) is 12.8 Å². The van der Waals surface area contributed by atoms with Crippen molar-refractivity contribution in [3.63, 3.8) is 0 Å². The van der Waals surface area contributed by atoms with Gasteiger partial charge in [0.25, 0.3) is 5.91 Å². The number of benzene rings is 3. The van der Waals surface area contributed by atoms with Crippen molar-refractivity contribution in [3.8, 4) is 5.75 Å². The van der Waals surface area contributed by atoms with Gasteiger partial charge in [-0.3, -0.25) is 4.79 Å². The summed E-state index contributed by atoms with van der Waals surface area (Å²) in [6.07, 6.45) is 0. The van der Waals surface area contributed by atoms with E-state index < -0.39 is 38.0 Å². The van der Waals surface area contributed by atoms with Crippen molar-refractivity contribution in [2.45, 2.75) is 10.6 Å². The molecule has 0 heterocycles. The van der Waals surface area contributed by atoms with Crippen LogP contribution in [0.4, 0.5) is 10.1 Å². The van der Waals surface area contributed by atoms with E-state index in [1.807, 2.05) is 0 Å². The normalized spacial score (nSPS) is 11.3. The Morgan fingerprint density at radius 1 is 1.03 bits per heavy atom. The second kappa shape index (κ2) is 8.41. The molecule has 0 unspecified atom stereocenters. The molecular weight excluding hydrogens is 440 g/mol. The number of anilines is 1. The Morgan fingerprint density at radius 2 is 1.72 bits per heavy atom. The molecule has 1 amide bonds. The first-order valence-electron chi connectivity index (χ1n) is 8.23. The Bertz CT molecular complexity index is 1180. The van der Waals surface area contributed by atoms with E-state index in [0.717, 1.165) is 18.2 Å². The molecule has 0 aliphatic rings. The molecule has 0 aliphatic carbocycles. The van der Waals surface area contributed by atoms with Crippen molar-refractivity contribution in [1.29, 1.82) is 0 Å². The maximum atomic E-state index is 14.3. The molecule has 0 saturated heterocycles. The summed E-state index contributed by atoms with van der Waals surface area (Å²) in [5.41, 5.74) is 0.379. The van der Waals surface area contributed by atoms with E-state index in [-0.39, 0.29) is 21.2 Å². The summed E-state index contributed by atoms with van der Waals surface area (Å²) in [6, 6.07) is 14.2. The number of phenolic OH excluding ortho intramolecular Hbond substituents is 1. The molecule has 3 aromatic rings. The van der Waals surface area contributed by atoms with Crippen LogP contribution in [0.15, 0.2) is 65.6 Å². The zero-order valence-electron chi connectivity index (χ0n) is 14.7. The van der Waals surface area contributed by atoms with E-state index in [0.29, 0.717) is 5.69 Å². The fraction of sp³-hybridized carbons (Fsp3) is 0.0500. The van der Waals surface area contributed by atoms with Crippen molar-refractivity contribution in [2.75, 3.05) is 5.32 Å². The lowest BCUT2D eigenvalue weighted by Crippen LogP contribution is -2.13. The van der Waals surface area contributed by atoms with E-state index in [1.54, 1.807) is 30.3 Å². The van der Waals surface area contributed by atoms with Gasteiger partial charge in [0.1, 0.15) is 10.7 Å². The zero-order chi connectivity index (χ0) is 21.2. The third-order valence-corrected chi connectivity index (χ3v) is 6.19. The Balaban J connectivity index is 1.92. The average Bonchev–Trinajstić information content (AvgIpc) is 2.67. The molecule has 0 aromatic heterocycles. The van der Waals surface area contributed by atoms with Gasteiger partial charge in [-0.15, -0.1) is 0 Å². The van der Waals surface area contributed by atoms with Crippen molar-refractivity contribution in [3.05, 3.63) is 87.7 Å². The molecule has 0 radical (unpaired) electrons. The number of phenols is 1. The number of sulfone groups is 1. The highest BCUT2D eigenvalue weighted by Crippen LogP contribution is 2.35. The van der Waals surface area contributed by atoms with Crippen molar-refractivity contribution < 1.29 is 22.7 Å². The van der Waals surface area contributed by atoms with Crippen LogP contribution in [-0.2, 0) is 15.6 Å². The van der Waals surface area contributed by atoms with E-state index >= 15 is 0 Å². The molecule has 0 saturated carbocycles. The molecule has 0 spiro atoms. The van der Waals surface area contributed by atoms with Gasteiger partial charge in [0.2, 0.25) is 0 Å². The standard InChI is InChI=1S/C20H14Cl2FNO4S/c21-14-9-16(22)19(25)18(10-14)29(27,28)11-13-8-12(6-7-17(13)23)20(26)24-15-4-2-1-3-5-15/h1-10,25H,11H2,(H,24,26). The number of halogens is 3. The van der Waals surface area contributed by atoms with Gasteiger partial charge in [-0.2, -0.15) is 0 Å². The first-order valence-corrected chi connectivity index (χ1v) is 10.6. The zero-order valence-corrected chi connectivity index (χ0v) is 17.0. The van der Waals surface area contributed by atoms with Crippen LogP contribution in [0.5, 0.6) is 5.75 Å². The smallest absolute Gasteiger partial charge is 0.255 e. The van der Waals surface area contributed by atoms with Crippen LogP contribution < -0.4 is 5.32 Å². The van der Waals surface area contributed by atoms with Gasteiger partial charge in [-0.05, 0) is 42.5 Å². The van der Waals surface area contributed by atoms with Crippen molar-refractivity contribution in [1.82, 2.24) is 0 Å². The van der Waals surface area contributed by atoms with Crippen LogP contribution in [0.25, 0.3) is 0 Å². The minimum Gasteiger partial charge on any atom is -0.505 e. The second-order valence-electron chi connectivity index (χ2n) is 6.12. The number of aromatic hydroxyl groups is 1. The van der Waals surface area contributed by atoms with Crippen LogP contribution in [0.2, 0.25) is 10.0 Å². The van der Waals surface area contributed by atoms with Gasteiger partial charge in [-0.1, -0.05) is 41.4 Å². The summed E-state index contributed by atoms with van der Waals surface area (Å²) in [5.74, 6) is -2.80. The molecule has 0 atom stereocenters. The van der Waals surface area contributed by atoms with E-state index in [1.165, 1.54) is 12.1 Å². The SMILES string of the molecule is O=C(Nc1ccccc1)c1ccc(F)c(CS(=O)(=O)c2cc(Cl)cc(Cl)c2O)c1. The second-order valence-corrected chi connectivity index (χ2v) is 8.92. The number of nitrogens with one attached hydrogen (secondary N) is 1. The number of carbonyl (C=O) groups is 1. The number of para-hydroxylation sites is 1. The van der Waals surface area contributed by atoms with Gasteiger partial charge in [0.05, 0.1) is 10.8 Å². The van der Waals surface area contributed by atoms with E-state index in [9.17, 15) is 22.7 Å². The lowest BCUT2D eigenvalue weighted by Gasteiger charge is -2.11. The summed E-state index contributed by atoms with van der Waals surface area (Å²) in [4.78, 5) is 11.9. The first-order chi connectivity index (χ1) is 13.7. The molecule has 5 nitrogen and oxygen atoms in total. The Hall–Kier alpha value is -2.61. The van der Waals surface area contributed by atoms with Gasteiger partial charge < -0.3 is 10.4 Å². The summed E-state index contributed by atoms with van der Waals surface area (Å²) in [7, 11) is -4.20. The third-order valence-electron chi connectivity index (χ3n) is 4.01. The molecular formula is C20H14Cl2FNO4S. The number of hydrogen-bond acceptors (Lipinski definition) is 4. The predicted octanol–water partition coefficient (Wildman–Crippen LogP) is 5.06. The van der Waals surface area contributed by atoms with Crippen molar-refractivity contribution in [2.24, 2.45) is 0 Å². The molecule has 0 bridgehead atoms. The Morgan fingerprint density at radius 3 is 2.41 bits per heavy atom. The fourth-order valence-corrected chi connectivity index (χ4v) is 4.72. The maximum absolute atomic E-state index is 14.3. The van der Waals surface area contributed by atoms with Crippen LogP contribution in [0.3, 0.4) is 0 Å². The molecule has 150 valence electrons. The monoisotopic (exact) mass is 453 g/mol. The quantitative estimate of drug-likeness (QED) is 0.564. The number of carbonyl (C=O) groups excluding carboxylic acids is 1. The highest BCUT2D eigenvalue weighted by Gasteiger charge is 2.24. The van der Waals surface area contributed by atoms with Crippen LogP contribution >= 0.6 is 23.2 Å². The highest BCUT2D eigenvalue weighted by atomic mass is 35.5. The number of hydrogen-bond donors (Lipinski definition) is 2. The lowest BCUT2D eigenvalue weighted by molar-refractivity contribution is 0.102. The summed E-state index contributed by atoms with van der Waals surface area (Å²) < 4.78 is 39.7. The first kappa shape index (κ1) is 21.1. The summed E-state index contributed by atoms with van der Waals surface area (Å²) in [6.45, 7) is 0. The molecule has 0 aliphatic heterocycles.